The lowest BCUT2D eigenvalue weighted by molar-refractivity contribution is -0.136. The predicted octanol–water partition coefficient (Wildman–Crippen LogP) is 2.73. The summed E-state index contributed by atoms with van der Waals surface area (Å²) in [5.41, 5.74) is 1.63. The molecule has 134 valence electrons. The quantitative estimate of drug-likeness (QED) is 0.489. The van der Waals surface area contributed by atoms with Crippen molar-refractivity contribution >= 4 is 40.0 Å². The van der Waals surface area contributed by atoms with E-state index in [1.807, 2.05) is 30.3 Å². The molecule has 0 spiro atoms. The molecular weight excluding hydrogens is 352 g/mol. The van der Waals surface area contributed by atoms with Crippen LogP contribution in [0.1, 0.15) is 25.5 Å². The lowest BCUT2D eigenvalue weighted by Gasteiger charge is -2.31. The third kappa shape index (κ3) is 3.25. The summed E-state index contributed by atoms with van der Waals surface area (Å²) < 4.78 is 10.4. The highest BCUT2D eigenvalue weighted by atomic mass is 32.1. The number of carbonyl (C=O) groups excluding carboxylic acids is 2. The molecule has 6 nitrogen and oxygen atoms in total. The summed E-state index contributed by atoms with van der Waals surface area (Å²) in [7, 11) is 1.32. The summed E-state index contributed by atoms with van der Waals surface area (Å²) in [6.45, 7) is 3.09. The molecule has 1 aliphatic rings. The molecule has 3 rings (SSSR count). The van der Waals surface area contributed by atoms with Crippen molar-refractivity contribution in [2.45, 2.75) is 19.9 Å². The van der Waals surface area contributed by atoms with E-state index < -0.39 is 18.0 Å². The van der Waals surface area contributed by atoms with Gasteiger partial charge in [0.25, 0.3) is 0 Å². The third-order valence-electron chi connectivity index (χ3n) is 4.15. The van der Waals surface area contributed by atoms with Crippen molar-refractivity contribution in [1.82, 2.24) is 10.6 Å². The fraction of sp³-hybridized carbons (Fsp3) is 0.211. The first kappa shape index (κ1) is 17.9. The number of allylic oxidation sites excluding steroid dienone is 1. The van der Waals surface area contributed by atoms with Crippen molar-refractivity contribution in [3.05, 3.63) is 53.2 Å². The second-order valence-corrected chi connectivity index (χ2v) is 6.26. The van der Waals surface area contributed by atoms with Crippen molar-refractivity contribution in [2.75, 3.05) is 7.11 Å². The molecule has 0 fully saturated rings. The number of carbonyl (C=O) groups is 2. The van der Waals surface area contributed by atoms with Crippen molar-refractivity contribution < 1.29 is 19.1 Å². The van der Waals surface area contributed by atoms with Crippen LogP contribution in [0.25, 0.3) is 10.8 Å². The first-order valence-electron chi connectivity index (χ1n) is 7.99. The summed E-state index contributed by atoms with van der Waals surface area (Å²) in [4.78, 5) is 24.0. The highest BCUT2D eigenvalue weighted by Crippen LogP contribution is 2.38. The molecule has 2 aromatic rings. The molecule has 0 saturated carbocycles. The first-order chi connectivity index (χ1) is 12.4. The molecule has 0 bridgehead atoms. The van der Waals surface area contributed by atoms with E-state index in [1.165, 1.54) is 14.0 Å². The Balaban J connectivity index is 2.30. The second kappa shape index (κ2) is 7.13. The summed E-state index contributed by atoms with van der Waals surface area (Å²) in [6.07, 6.45) is 0. The molecule has 0 saturated heterocycles. The van der Waals surface area contributed by atoms with Gasteiger partial charge in [0, 0.05) is 18.2 Å². The highest BCUT2D eigenvalue weighted by Gasteiger charge is 2.33. The number of thiocarbonyl (C=S) groups is 1. The van der Waals surface area contributed by atoms with Crippen LogP contribution in [-0.2, 0) is 14.3 Å². The number of fused-ring (bicyclic) bond motifs is 1. The van der Waals surface area contributed by atoms with Crippen LogP contribution in [-0.4, -0.2) is 24.2 Å². The van der Waals surface area contributed by atoms with Gasteiger partial charge >= 0.3 is 11.9 Å². The van der Waals surface area contributed by atoms with Gasteiger partial charge in [-0.2, -0.15) is 0 Å². The molecule has 1 unspecified atom stereocenters. The Hall–Kier alpha value is -2.93. The van der Waals surface area contributed by atoms with Gasteiger partial charge in [-0.05, 0) is 36.0 Å². The average molecular weight is 370 g/mol. The molecule has 0 aliphatic carbocycles. The number of methoxy groups -OCH3 is 1. The lowest BCUT2D eigenvalue weighted by Crippen LogP contribution is -2.45. The number of esters is 2. The zero-order valence-electron chi connectivity index (χ0n) is 14.6. The lowest BCUT2D eigenvalue weighted by atomic mass is 9.90. The Morgan fingerprint density at radius 3 is 2.58 bits per heavy atom. The van der Waals surface area contributed by atoms with Crippen molar-refractivity contribution in [3.8, 4) is 5.75 Å². The fourth-order valence-electron chi connectivity index (χ4n) is 3.11. The van der Waals surface area contributed by atoms with Crippen LogP contribution in [0.2, 0.25) is 0 Å². The first-order valence-corrected chi connectivity index (χ1v) is 8.40. The van der Waals surface area contributed by atoms with Crippen LogP contribution >= 0.6 is 12.2 Å². The minimum absolute atomic E-state index is 0.368. The van der Waals surface area contributed by atoms with Crippen LogP contribution in [0.3, 0.4) is 0 Å². The number of hydrogen-bond donors (Lipinski definition) is 2. The molecule has 1 atom stereocenters. The van der Waals surface area contributed by atoms with Gasteiger partial charge in [0.15, 0.2) is 5.11 Å². The van der Waals surface area contributed by atoms with Crippen LogP contribution in [0.5, 0.6) is 5.75 Å². The van der Waals surface area contributed by atoms with Crippen LogP contribution in [0.4, 0.5) is 0 Å². The summed E-state index contributed by atoms with van der Waals surface area (Å²) in [5, 5.41) is 8.23. The smallest absolute Gasteiger partial charge is 0.337 e. The Morgan fingerprint density at radius 1 is 1.15 bits per heavy atom. The zero-order chi connectivity index (χ0) is 18.8. The summed E-state index contributed by atoms with van der Waals surface area (Å²) in [5.74, 6) is -0.567. The molecule has 0 aromatic heterocycles. The van der Waals surface area contributed by atoms with Gasteiger partial charge in [0.2, 0.25) is 0 Å². The van der Waals surface area contributed by atoms with Gasteiger partial charge in [-0.3, -0.25) is 4.79 Å². The van der Waals surface area contributed by atoms with E-state index >= 15 is 0 Å². The van der Waals surface area contributed by atoms with E-state index in [2.05, 4.69) is 10.6 Å². The van der Waals surface area contributed by atoms with E-state index in [1.54, 1.807) is 13.0 Å². The van der Waals surface area contributed by atoms with Gasteiger partial charge in [-0.25, -0.2) is 4.79 Å². The minimum Gasteiger partial charge on any atom is -0.466 e. The van der Waals surface area contributed by atoms with E-state index in [-0.39, 0.29) is 0 Å². The SMILES string of the molecule is COC(=O)C1=C(C)NC(=S)NC1c1c(OC(C)=O)ccc2ccccc12. The maximum atomic E-state index is 12.4. The fourth-order valence-corrected chi connectivity index (χ4v) is 3.38. The van der Waals surface area contributed by atoms with E-state index in [0.29, 0.717) is 27.7 Å². The van der Waals surface area contributed by atoms with E-state index in [4.69, 9.17) is 21.7 Å². The molecule has 0 radical (unpaired) electrons. The largest absolute Gasteiger partial charge is 0.466 e. The number of hydrogen-bond acceptors (Lipinski definition) is 5. The Kier molecular flexibility index (Phi) is 4.90. The van der Waals surface area contributed by atoms with Gasteiger partial charge < -0.3 is 20.1 Å². The molecule has 1 aliphatic heterocycles. The Labute approximate surface area is 156 Å². The summed E-state index contributed by atoms with van der Waals surface area (Å²) >= 11 is 5.27. The molecule has 2 N–H and O–H groups in total. The van der Waals surface area contributed by atoms with Crippen molar-refractivity contribution in [3.63, 3.8) is 0 Å². The predicted molar refractivity (Wildman–Crippen MR) is 102 cm³/mol. The maximum absolute atomic E-state index is 12.4. The second-order valence-electron chi connectivity index (χ2n) is 5.85. The van der Waals surface area contributed by atoms with Gasteiger partial charge in [-0.15, -0.1) is 0 Å². The van der Waals surface area contributed by atoms with Crippen LogP contribution in [0, 0.1) is 0 Å². The van der Waals surface area contributed by atoms with Gasteiger partial charge in [-0.1, -0.05) is 30.3 Å². The average Bonchev–Trinajstić information content (AvgIpc) is 2.59. The summed E-state index contributed by atoms with van der Waals surface area (Å²) in [6, 6.07) is 10.6. The number of rotatable bonds is 3. The van der Waals surface area contributed by atoms with E-state index in [9.17, 15) is 9.59 Å². The molecule has 2 aromatic carbocycles. The molecule has 7 heteroatoms. The van der Waals surface area contributed by atoms with Crippen molar-refractivity contribution in [2.24, 2.45) is 0 Å². The number of nitrogens with one attached hydrogen (secondary N) is 2. The molecule has 1 heterocycles. The van der Waals surface area contributed by atoms with Crippen LogP contribution < -0.4 is 15.4 Å². The topological polar surface area (TPSA) is 76.7 Å². The zero-order valence-corrected chi connectivity index (χ0v) is 15.4. The highest BCUT2D eigenvalue weighted by molar-refractivity contribution is 7.80. The van der Waals surface area contributed by atoms with Gasteiger partial charge in [0.1, 0.15) is 5.75 Å². The maximum Gasteiger partial charge on any atom is 0.337 e. The molecule has 26 heavy (non-hydrogen) atoms. The number of ether oxygens (including phenoxy) is 2. The molecular formula is C19H18N2O4S. The minimum atomic E-state index is -0.614. The van der Waals surface area contributed by atoms with E-state index in [0.717, 1.165) is 10.8 Å². The normalized spacial score (nSPS) is 16.7. The Bertz CT molecular complexity index is 952. The Morgan fingerprint density at radius 2 is 1.88 bits per heavy atom. The molecule has 0 amide bonds. The van der Waals surface area contributed by atoms with Crippen molar-refractivity contribution in [1.29, 1.82) is 0 Å². The van der Waals surface area contributed by atoms with Gasteiger partial charge in [0.05, 0.1) is 18.7 Å². The third-order valence-corrected chi connectivity index (χ3v) is 4.37. The monoisotopic (exact) mass is 370 g/mol. The van der Waals surface area contributed by atoms with Crippen LogP contribution in [0.15, 0.2) is 47.7 Å². The standard InChI is InChI=1S/C19H18N2O4S/c1-10-15(18(23)24-3)17(21-19(26)20-10)16-13-7-5-4-6-12(13)8-9-14(16)25-11(2)22/h4-9,17H,1-3H3,(H2,20,21,26). The number of benzene rings is 2.